The fourth-order valence-corrected chi connectivity index (χ4v) is 4.70. The molecule has 0 aliphatic carbocycles. The molecular weight excluding hydrogens is 423 g/mol. The Labute approximate surface area is 193 Å². The van der Waals surface area contributed by atoms with Gasteiger partial charge in [-0.15, -0.1) is 0 Å². The Kier molecular flexibility index (Phi) is 5.73. The van der Waals surface area contributed by atoms with Gasteiger partial charge in [0.1, 0.15) is 5.65 Å². The highest BCUT2D eigenvalue weighted by molar-refractivity contribution is 5.99. The molecule has 0 saturated heterocycles. The minimum Gasteiger partial charge on any atom is -0.490 e. The van der Waals surface area contributed by atoms with Crippen LogP contribution < -0.4 is 4.74 Å². The molecule has 1 unspecified atom stereocenters. The van der Waals surface area contributed by atoms with E-state index < -0.39 is 23.5 Å². The van der Waals surface area contributed by atoms with Gasteiger partial charge in [-0.3, -0.25) is 0 Å². The lowest BCUT2D eigenvalue weighted by molar-refractivity contribution is -0.160. The van der Waals surface area contributed by atoms with Crippen molar-refractivity contribution in [2.24, 2.45) is 7.05 Å². The first-order valence-corrected chi connectivity index (χ1v) is 11.2. The molecule has 1 aliphatic rings. The number of carbonyl (C=O) groups is 1. The van der Waals surface area contributed by atoms with Crippen LogP contribution >= 0.6 is 0 Å². The van der Waals surface area contributed by atoms with Gasteiger partial charge in [-0.2, -0.15) is 0 Å². The maximum atomic E-state index is 15.3. The van der Waals surface area contributed by atoms with Gasteiger partial charge >= 0.3 is 5.97 Å². The van der Waals surface area contributed by atoms with Gasteiger partial charge in [-0.1, -0.05) is 0 Å². The molecule has 3 aromatic rings. The number of hydrogen-bond acceptors (Lipinski definition) is 4. The molecule has 1 atom stereocenters. The summed E-state index contributed by atoms with van der Waals surface area (Å²) in [6, 6.07) is 3.44. The van der Waals surface area contributed by atoms with Crippen molar-refractivity contribution in [3.63, 3.8) is 0 Å². The Morgan fingerprint density at radius 2 is 1.97 bits per heavy atom. The molecule has 1 aliphatic heterocycles. The maximum Gasteiger partial charge on any atom is 0.337 e. The van der Waals surface area contributed by atoms with Gasteiger partial charge in [0.2, 0.25) is 0 Å². The van der Waals surface area contributed by atoms with Gasteiger partial charge in [-0.25, -0.2) is 14.2 Å². The molecule has 3 heterocycles. The summed E-state index contributed by atoms with van der Waals surface area (Å²) in [5, 5.41) is 11.0. The molecule has 0 amide bonds. The van der Waals surface area contributed by atoms with Crippen molar-refractivity contribution in [3.8, 4) is 16.9 Å². The molecule has 0 saturated carbocycles. The van der Waals surface area contributed by atoms with Crippen LogP contribution in [-0.2, 0) is 23.0 Å². The van der Waals surface area contributed by atoms with Crippen LogP contribution in [0.2, 0.25) is 0 Å². The summed E-state index contributed by atoms with van der Waals surface area (Å²) < 4.78 is 28.9. The average molecular weight is 455 g/mol. The van der Waals surface area contributed by atoms with Crippen LogP contribution in [0.4, 0.5) is 4.39 Å². The second kappa shape index (κ2) is 8.13. The molecule has 33 heavy (non-hydrogen) atoms. The van der Waals surface area contributed by atoms with E-state index in [1.165, 1.54) is 6.07 Å². The summed E-state index contributed by atoms with van der Waals surface area (Å²) in [6.07, 6.45) is 0.263. The molecule has 0 radical (unpaired) electrons. The SMILES string of the molecule is Cc1nc2c(cc(C)n2C)c(-c2cc(F)c3c(c2C)CCCO3)c1C(OC(C)(C)C)C(=O)O. The zero-order chi connectivity index (χ0) is 24.2. The lowest BCUT2D eigenvalue weighted by atomic mass is 9.86. The number of aryl methyl sites for hydroxylation is 3. The average Bonchev–Trinajstić information content (AvgIpc) is 3.01. The van der Waals surface area contributed by atoms with Gasteiger partial charge < -0.3 is 19.1 Å². The number of benzene rings is 1. The van der Waals surface area contributed by atoms with E-state index in [0.717, 1.165) is 34.3 Å². The van der Waals surface area contributed by atoms with E-state index in [1.807, 2.05) is 52.3 Å². The van der Waals surface area contributed by atoms with E-state index in [-0.39, 0.29) is 0 Å². The van der Waals surface area contributed by atoms with Gasteiger partial charge in [0.15, 0.2) is 17.7 Å². The zero-order valence-corrected chi connectivity index (χ0v) is 20.3. The van der Waals surface area contributed by atoms with Crippen molar-refractivity contribution in [1.29, 1.82) is 0 Å². The van der Waals surface area contributed by atoms with E-state index >= 15 is 4.39 Å². The van der Waals surface area contributed by atoms with E-state index in [9.17, 15) is 9.90 Å². The van der Waals surface area contributed by atoms with Crippen molar-refractivity contribution in [2.45, 2.75) is 66.1 Å². The molecule has 4 rings (SSSR count). The highest BCUT2D eigenvalue weighted by Crippen LogP contribution is 2.44. The summed E-state index contributed by atoms with van der Waals surface area (Å²) in [6.45, 7) is 11.6. The van der Waals surface area contributed by atoms with Crippen LogP contribution in [0.3, 0.4) is 0 Å². The quantitative estimate of drug-likeness (QED) is 0.558. The molecule has 0 bridgehead atoms. The van der Waals surface area contributed by atoms with Gasteiger partial charge in [-0.05, 0) is 77.6 Å². The number of carboxylic acids is 1. The summed E-state index contributed by atoms with van der Waals surface area (Å²) >= 11 is 0. The van der Waals surface area contributed by atoms with Crippen LogP contribution in [0.5, 0.6) is 5.75 Å². The monoisotopic (exact) mass is 454 g/mol. The van der Waals surface area contributed by atoms with Crippen molar-refractivity contribution in [3.05, 3.63) is 46.0 Å². The topological polar surface area (TPSA) is 73.6 Å². The number of nitrogens with zero attached hydrogens (tertiary/aromatic N) is 2. The largest absolute Gasteiger partial charge is 0.490 e. The number of rotatable bonds is 4. The van der Waals surface area contributed by atoms with Crippen molar-refractivity contribution in [2.75, 3.05) is 6.61 Å². The number of aromatic nitrogens is 2. The standard InChI is InChI=1S/C26H31FN2O4/c1-13-11-18-21(17-12-19(27)22-16(14(17)2)9-8-10-32-22)20(15(3)28-24(18)29(13)7)23(25(30)31)33-26(4,5)6/h11-12,23H,8-10H2,1-7H3,(H,30,31). The predicted octanol–water partition coefficient (Wildman–Crippen LogP) is 5.57. The molecule has 6 nitrogen and oxygen atoms in total. The van der Waals surface area contributed by atoms with E-state index in [1.54, 1.807) is 6.92 Å². The predicted molar refractivity (Wildman–Crippen MR) is 125 cm³/mol. The Morgan fingerprint density at radius 3 is 2.61 bits per heavy atom. The number of halogens is 1. The highest BCUT2D eigenvalue weighted by Gasteiger charge is 2.34. The maximum absolute atomic E-state index is 15.3. The van der Waals surface area contributed by atoms with Crippen LogP contribution in [0.25, 0.3) is 22.2 Å². The Bertz CT molecular complexity index is 1270. The minimum atomic E-state index is -1.26. The first-order chi connectivity index (χ1) is 15.4. The van der Waals surface area contributed by atoms with E-state index in [0.29, 0.717) is 41.2 Å². The normalized spacial score (nSPS) is 14.8. The number of hydrogen-bond donors (Lipinski definition) is 1. The molecule has 0 spiro atoms. The fourth-order valence-electron chi connectivity index (χ4n) is 4.70. The summed E-state index contributed by atoms with van der Waals surface area (Å²) in [5.41, 5.74) is 5.01. The lowest BCUT2D eigenvalue weighted by Gasteiger charge is -2.29. The zero-order valence-electron chi connectivity index (χ0n) is 20.3. The van der Waals surface area contributed by atoms with E-state index in [2.05, 4.69) is 0 Å². The number of ether oxygens (including phenoxy) is 2. The van der Waals surface area contributed by atoms with Crippen molar-refractivity contribution in [1.82, 2.24) is 9.55 Å². The van der Waals surface area contributed by atoms with Crippen molar-refractivity contribution < 1.29 is 23.8 Å². The first-order valence-electron chi connectivity index (χ1n) is 11.2. The summed E-state index contributed by atoms with van der Waals surface area (Å²) in [4.78, 5) is 17.2. The Hall–Kier alpha value is -2.93. The van der Waals surface area contributed by atoms with Crippen LogP contribution in [0, 0.1) is 26.6 Å². The third-order valence-corrected chi connectivity index (χ3v) is 6.31. The van der Waals surface area contributed by atoms with Gasteiger partial charge in [0, 0.05) is 40.5 Å². The number of carboxylic acid groups (broad SMARTS) is 1. The van der Waals surface area contributed by atoms with E-state index in [4.69, 9.17) is 14.5 Å². The molecule has 0 fully saturated rings. The number of aliphatic carboxylic acids is 1. The van der Waals surface area contributed by atoms with Crippen molar-refractivity contribution >= 4 is 17.0 Å². The van der Waals surface area contributed by atoms with Crippen LogP contribution in [0.15, 0.2) is 12.1 Å². The van der Waals surface area contributed by atoms with Crippen LogP contribution in [0.1, 0.15) is 61.4 Å². The Balaban J connectivity index is 2.13. The summed E-state index contributed by atoms with van der Waals surface area (Å²) in [5.74, 6) is -1.24. The third kappa shape index (κ3) is 3.99. The third-order valence-electron chi connectivity index (χ3n) is 6.31. The molecule has 2 aromatic heterocycles. The number of fused-ring (bicyclic) bond motifs is 2. The molecule has 7 heteroatoms. The fraction of sp³-hybridized carbons (Fsp3) is 0.462. The molecule has 1 N–H and O–H groups in total. The second-order valence-electron chi connectivity index (χ2n) is 9.81. The number of pyridine rings is 1. The second-order valence-corrected chi connectivity index (χ2v) is 9.81. The summed E-state index contributed by atoms with van der Waals surface area (Å²) in [7, 11) is 1.92. The Morgan fingerprint density at radius 1 is 1.27 bits per heavy atom. The lowest BCUT2D eigenvalue weighted by Crippen LogP contribution is -2.28. The molecular formula is C26H31FN2O4. The smallest absolute Gasteiger partial charge is 0.337 e. The molecule has 176 valence electrons. The van der Waals surface area contributed by atoms with Gasteiger partial charge in [0.25, 0.3) is 0 Å². The minimum absolute atomic E-state index is 0.302. The van der Waals surface area contributed by atoms with Crippen LogP contribution in [-0.4, -0.2) is 32.8 Å². The highest BCUT2D eigenvalue weighted by atomic mass is 19.1. The molecule has 1 aromatic carbocycles. The van der Waals surface area contributed by atoms with Gasteiger partial charge in [0.05, 0.1) is 12.2 Å². The first kappa shape index (κ1) is 23.2.